The summed E-state index contributed by atoms with van der Waals surface area (Å²) in [5.74, 6) is 0.0445. The third-order valence-electron chi connectivity index (χ3n) is 3.79. The Labute approximate surface area is 129 Å². The number of ether oxygens (including phenoxy) is 1. The number of hydrogen-bond acceptors (Lipinski definition) is 6. The molecule has 1 unspecified atom stereocenters. The number of rotatable bonds is 4. The highest BCUT2D eigenvalue weighted by atomic mass is 16.5. The molecule has 0 saturated heterocycles. The van der Waals surface area contributed by atoms with E-state index >= 15 is 0 Å². The monoisotopic (exact) mass is 304 g/mol. The van der Waals surface area contributed by atoms with Crippen molar-refractivity contribution in [2.75, 3.05) is 6.61 Å². The van der Waals surface area contributed by atoms with Gasteiger partial charge in [0.25, 0.3) is 5.91 Å². The zero-order valence-electron chi connectivity index (χ0n) is 13.4. The number of carbonyl (C=O) groups is 2. The first-order chi connectivity index (χ1) is 10.3. The summed E-state index contributed by atoms with van der Waals surface area (Å²) in [7, 11) is 0. The van der Waals surface area contributed by atoms with Gasteiger partial charge in [-0.15, -0.1) is 0 Å². The second-order valence-corrected chi connectivity index (χ2v) is 5.62. The fourth-order valence-corrected chi connectivity index (χ4v) is 2.06. The van der Waals surface area contributed by atoms with Crippen molar-refractivity contribution >= 4 is 17.7 Å². The summed E-state index contributed by atoms with van der Waals surface area (Å²) in [4.78, 5) is 37.0. The van der Waals surface area contributed by atoms with Crippen LogP contribution in [0.15, 0.2) is 11.2 Å². The Morgan fingerprint density at radius 1 is 1.45 bits per heavy atom. The highest BCUT2D eigenvalue weighted by molar-refractivity contribution is 6.17. The minimum absolute atomic E-state index is 0.0129. The number of esters is 1. The van der Waals surface area contributed by atoms with E-state index in [0.29, 0.717) is 11.5 Å². The molecule has 0 bridgehead atoms. The lowest BCUT2D eigenvalue weighted by Gasteiger charge is -2.21. The molecule has 1 aromatic heterocycles. The largest absolute Gasteiger partial charge is 0.462 e. The fourth-order valence-electron chi connectivity index (χ4n) is 2.06. The molecule has 0 fully saturated rings. The molecule has 1 N–H and O–H groups in total. The third kappa shape index (κ3) is 2.70. The van der Waals surface area contributed by atoms with Crippen LogP contribution < -0.4 is 5.32 Å². The minimum Gasteiger partial charge on any atom is -0.462 e. The van der Waals surface area contributed by atoms with E-state index in [9.17, 15) is 9.59 Å². The summed E-state index contributed by atoms with van der Waals surface area (Å²) in [6.07, 6.45) is 1.40. The Balaban J connectivity index is 2.51. The van der Waals surface area contributed by atoms with Crippen molar-refractivity contribution in [3.8, 4) is 0 Å². The molecule has 0 aromatic carbocycles. The van der Waals surface area contributed by atoms with Crippen LogP contribution in [0.25, 0.3) is 0 Å². The Bertz CT molecular complexity index is 654. The van der Waals surface area contributed by atoms with Crippen LogP contribution in [0, 0.1) is 12.8 Å². The number of aryl methyl sites for hydroxylation is 1. The summed E-state index contributed by atoms with van der Waals surface area (Å²) < 4.78 is 5.01. The number of carbonyl (C=O) groups excluding carboxylic acids is 2. The van der Waals surface area contributed by atoms with Crippen molar-refractivity contribution in [1.82, 2.24) is 15.3 Å². The highest BCUT2D eigenvalue weighted by Gasteiger charge is 2.43. The van der Waals surface area contributed by atoms with Gasteiger partial charge in [-0.25, -0.2) is 19.8 Å². The van der Waals surface area contributed by atoms with E-state index in [4.69, 9.17) is 4.74 Å². The van der Waals surface area contributed by atoms with Crippen molar-refractivity contribution in [2.45, 2.75) is 40.2 Å². The lowest BCUT2D eigenvalue weighted by atomic mass is 9.89. The smallest absolute Gasteiger partial charge is 0.342 e. The molecule has 0 saturated carbocycles. The van der Waals surface area contributed by atoms with Gasteiger partial charge in [-0.2, -0.15) is 0 Å². The molecule has 0 spiro atoms. The van der Waals surface area contributed by atoms with Gasteiger partial charge in [0.15, 0.2) is 5.84 Å². The Kier molecular flexibility index (Phi) is 4.25. The van der Waals surface area contributed by atoms with Crippen LogP contribution in [-0.2, 0) is 9.53 Å². The average Bonchev–Trinajstić information content (AvgIpc) is 2.76. The fraction of sp³-hybridized carbons (Fsp3) is 0.533. The normalized spacial score (nSPS) is 20.8. The van der Waals surface area contributed by atoms with E-state index in [0.717, 1.165) is 0 Å². The topological polar surface area (TPSA) is 93.5 Å². The summed E-state index contributed by atoms with van der Waals surface area (Å²) >= 11 is 0. The lowest BCUT2D eigenvalue weighted by Crippen LogP contribution is -2.41. The van der Waals surface area contributed by atoms with Crippen molar-refractivity contribution in [3.63, 3.8) is 0 Å². The molecular weight excluding hydrogens is 284 g/mol. The van der Waals surface area contributed by atoms with Crippen molar-refractivity contribution in [1.29, 1.82) is 0 Å². The molecule has 2 rings (SSSR count). The minimum atomic E-state index is -0.875. The van der Waals surface area contributed by atoms with Gasteiger partial charge in [0.2, 0.25) is 0 Å². The van der Waals surface area contributed by atoms with Crippen LogP contribution in [0.1, 0.15) is 49.6 Å². The van der Waals surface area contributed by atoms with Crippen molar-refractivity contribution < 1.29 is 14.3 Å². The number of nitrogens with one attached hydrogen (secondary N) is 1. The SMILES string of the molecule is CCOC(=O)c1cnc(C)nc1C1=NC(C)(C(C)C)C(=O)N1. The van der Waals surface area contributed by atoms with Crippen LogP contribution in [0.5, 0.6) is 0 Å². The van der Waals surface area contributed by atoms with Crippen LogP contribution in [0.2, 0.25) is 0 Å². The zero-order valence-corrected chi connectivity index (χ0v) is 13.4. The molecule has 1 atom stereocenters. The maximum absolute atomic E-state index is 12.2. The molecule has 7 nitrogen and oxygen atoms in total. The number of hydrogen-bond donors (Lipinski definition) is 1. The van der Waals surface area contributed by atoms with E-state index in [1.165, 1.54) is 6.20 Å². The molecule has 0 radical (unpaired) electrons. The quantitative estimate of drug-likeness (QED) is 0.845. The van der Waals surface area contributed by atoms with Gasteiger partial charge < -0.3 is 10.1 Å². The van der Waals surface area contributed by atoms with Gasteiger partial charge in [0.1, 0.15) is 22.6 Å². The summed E-state index contributed by atoms with van der Waals surface area (Å²) in [5, 5.41) is 2.72. The summed E-state index contributed by atoms with van der Waals surface area (Å²) in [6.45, 7) is 9.27. The molecule has 1 amide bonds. The molecule has 2 heterocycles. The maximum Gasteiger partial charge on any atom is 0.342 e. The van der Waals surface area contributed by atoms with E-state index in [-0.39, 0.29) is 29.8 Å². The molecule has 1 aliphatic rings. The van der Waals surface area contributed by atoms with Gasteiger partial charge in [-0.1, -0.05) is 13.8 Å². The molecule has 1 aliphatic heterocycles. The highest BCUT2D eigenvalue weighted by Crippen LogP contribution is 2.27. The van der Waals surface area contributed by atoms with Crippen LogP contribution >= 0.6 is 0 Å². The molecule has 0 aliphatic carbocycles. The number of nitrogens with zero attached hydrogens (tertiary/aromatic N) is 3. The number of aromatic nitrogens is 2. The number of amidine groups is 1. The second-order valence-electron chi connectivity index (χ2n) is 5.62. The van der Waals surface area contributed by atoms with Gasteiger partial charge in [0, 0.05) is 6.20 Å². The first kappa shape index (κ1) is 16.1. The van der Waals surface area contributed by atoms with Crippen LogP contribution in [-0.4, -0.2) is 39.8 Å². The van der Waals surface area contributed by atoms with Crippen molar-refractivity contribution in [2.24, 2.45) is 10.9 Å². The van der Waals surface area contributed by atoms with Gasteiger partial charge in [-0.05, 0) is 26.7 Å². The Hall–Kier alpha value is -2.31. The second kappa shape index (κ2) is 5.82. The standard InChI is InChI=1S/C15H20N4O3/c1-6-22-13(20)10-7-16-9(4)17-11(10)12-18-14(21)15(5,19-12)8(2)3/h7-8H,6H2,1-5H3,(H,18,19,21). The van der Waals surface area contributed by atoms with E-state index in [2.05, 4.69) is 20.3 Å². The Morgan fingerprint density at radius 2 is 2.14 bits per heavy atom. The van der Waals surface area contributed by atoms with Crippen molar-refractivity contribution in [3.05, 3.63) is 23.3 Å². The summed E-state index contributed by atoms with van der Waals surface area (Å²) in [5.41, 5.74) is -0.386. The molecule has 118 valence electrons. The number of amides is 1. The predicted molar refractivity (Wildman–Crippen MR) is 80.6 cm³/mol. The first-order valence-corrected chi connectivity index (χ1v) is 7.22. The van der Waals surface area contributed by atoms with Gasteiger partial charge in [0.05, 0.1) is 6.61 Å². The molecule has 22 heavy (non-hydrogen) atoms. The lowest BCUT2D eigenvalue weighted by molar-refractivity contribution is -0.124. The van der Waals surface area contributed by atoms with Gasteiger partial charge in [-0.3, -0.25) is 4.79 Å². The molecule has 1 aromatic rings. The van der Waals surface area contributed by atoms with Crippen LogP contribution in [0.3, 0.4) is 0 Å². The predicted octanol–water partition coefficient (Wildman–Crippen LogP) is 1.25. The van der Waals surface area contributed by atoms with E-state index < -0.39 is 11.5 Å². The third-order valence-corrected chi connectivity index (χ3v) is 3.79. The summed E-state index contributed by atoms with van der Waals surface area (Å²) in [6, 6.07) is 0. The Morgan fingerprint density at radius 3 is 2.68 bits per heavy atom. The average molecular weight is 304 g/mol. The molecular formula is C15H20N4O3. The van der Waals surface area contributed by atoms with Crippen LogP contribution in [0.4, 0.5) is 0 Å². The zero-order chi connectivity index (χ0) is 16.5. The van der Waals surface area contributed by atoms with E-state index in [1.54, 1.807) is 20.8 Å². The van der Waals surface area contributed by atoms with Gasteiger partial charge >= 0.3 is 5.97 Å². The van der Waals surface area contributed by atoms with E-state index in [1.807, 2.05) is 13.8 Å². The maximum atomic E-state index is 12.2. The number of aliphatic imine (C=N–C) groups is 1. The first-order valence-electron chi connectivity index (χ1n) is 7.22. The molecule has 7 heteroatoms.